The van der Waals surface area contributed by atoms with Crippen molar-refractivity contribution in [3.8, 4) is 17.2 Å². The van der Waals surface area contributed by atoms with E-state index in [0.29, 0.717) is 39.1 Å². The first kappa shape index (κ1) is 19.2. The van der Waals surface area contributed by atoms with Gasteiger partial charge >= 0.3 is 6.36 Å². The molecule has 0 aliphatic heterocycles. The van der Waals surface area contributed by atoms with E-state index in [9.17, 15) is 13.2 Å². The Kier molecular flexibility index (Phi) is 5.36. The summed E-state index contributed by atoms with van der Waals surface area (Å²) in [4.78, 5) is 11.7. The van der Waals surface area contributed by atoms with Crippen molar-refractivity contribution < 1.29 is 27.4 Å². The molecule has 0 unspecified atom stereocenters. The van der Waals surface area contributed by atoms with Crippen LogP contribution >= 0.6 is 11.8 Å². The average molecular weight is 399 g/mol. The molecule has 1 aromatic carbocycles. The van der Waals surface area contributed by atoms with Crippen LogP contribution in [-0.2, 0) is 5.75 Å². The van der Waals surface area contributed by atoms with Crippen LogP contribution in [-0.4, -0.2) is 35.5 Å². The summed E-state index contributed by atoms with van der Waals surface area (Å²) in [6.45, 7) is 1.87. The van der Waals surface area contributed by atoms with Gasteiger partial charge < -0.3 is 19.2 Å². The summed E-state index contributed by atoms with van der Waals surface area (Å²) in [7, 11) is 3.10. The van der Waals surface area contributed by atoms with Crippen LogP contribution in [0.5, 0.6) is 17.2 Å². The van der Waals surface area contributed by atoms with E-state index in [-0.39, 0.29) is 5.75 Å². The number of pyridine rings is 1. The zero-order chi connectivity index (χ0) is 19.6. The Morgan fingerprint density at radius 1 is 1.15 bits per heavy atom. The average Bonchev–Trinajstić information content (AvgIpc) is 3.00. The predicted molar refractivity (Wildman–Crippen MR) is 94.4 cm³/mol. The highest BCUT2D eigenvalue weighted by atomic mass is 32.2. The molecular weight excluding hydrogens is 383 g/mol. The van der Waals surface area contributed by atoms with Gasteiger partial charge in [0.15, 0.2) is 16.7 Å². The minimum atomic E-state index is -4.74. The van der Waals surface area contributed by atoms with E-state index in [1.165, 1.54) is 37.1 Å². The van der Waals surface area contributed by atoms with Crippen LogP contribution in [0.2, 0.25) is 0 Å². The third-order valence-corrected chi connectivity index (χ3v) is 4.55. The van der Waals surface area contributed by atoms with Crippen molar-refractivity contribution in [1.82, 2.24) is 15.0 Å². The second kappa shape index (κ2) is 7.55. The minimum absolute atomic E-state index is 0.315. The van der Waals surface area contributed by atoms with Gasteiger partial charge in [0.1, 0.15) is 5.75 Å². The number of aromatic nitrogens is 3. The summed E-state index contributed by atoms with van der Waals surface area (Å²) in [6, 6.07) is 3.95. The number of nitrogens with one attached hydrogen (secondary N) is 1. The molecule has 1 N–H and O–H groups in total. The van der Waals surface area contributed by atoms with Gasteiger partial charge in [0.2, 0.25) is 0 Å². The number of hydrogen-bond donors (Lipinski definition) is 1. The number of thioether (sulfide) groups is 1. The molecule has 3 aromatic rings. The number of H-pyrrole nitrogens is 1. The molecule has 0 aliphatic carbocycles. The molecule has 27 heavy (non-hydrogen) atoms. The number of rotatable bonds is 6. The first-order valence-electron chi connectivity index (χ1n) is 7.75. The number of aryl methyl sites for hydroxylation is 1. The van der Waals surface area contributed by atoms with Gasteiger partial charge in [0.05, 0.1) is 30.9 Å². The zero-order valence-electron chi connectivity index (χ0n) is 14.7. The standard InChI is InChI=1S/C17H16F3N3O3S/c1-9-7-21-13(15(25-3)14(9)24-2)8-27-16-22-11-5-4-10(6-12(11)23-16)26-17(18,19)20/h4-7H,8H2,1-3H3,(H,22,23). The topological polar surface area (TPSA) is 69.3 Å². The molecule has 0 spiro atoms. The van der Waals surface area contributed by atoms with Crippen LogP contribution in [0.15, 0.2) is 29.6 Å². The number of halogens is 3. The Morgan fingerprint density at radius 2 is 1.89 bits per heavy atom. The zero-order valence-corrected chi connectivity index (χ0v) is 15.5. The van der Waals surface area contributed by atoms with E-state index in [2.05, 4.69) is 19.7 Å². The number of methoxy groups -OCH3 is 2. The number of fused-ring (bicyclic) bond motifs is 1. The van der Waals surface area contributed by atoms with E-state index >= 15 is 0 Å². The van der Waals surface area contributed by atoms with Crippen LogP contribution in [0.25, 0.3) is 11.0 Å². The number of nitrogens with zero attached hydrogens (tertiary/aromatic N) is 2. The fourth-order valence-electron chi connectivity index (χ4n) is 2.53. The van der Waals surface area contributed by atoms with Crippen molar-refractivity contribution in [1.29, 1.82) is 0 Å². The number of hydrogen-bond acceptors (Lipinski definition) is 6. The molecule has 3 rings (SSSR count). The maximum absolute atomic E-state index is 12.3. The number of benzene rings is 1. The summed E-state index contributed by atoms with van der Waals surface area (Å²) >= 11 is 1.35. The van der Waals surface area contributed by atoms with Gasteiger partial charge in [-0.25, -0.2) is 4.98 Å². The number of alkyl halides is 3. The second-order valence-electron chi connectivity index (χ2n) is 5.51. The Bertz CT molecular complexity index is 960. The van der Waals surface area contributed by atoms with E-state index < -0.39 is 6.36 Å². The maximum Gasteiger partial charge on any atom is 0.573 e. The molecule has 0 aliphatic rings. The molecule has 0 fully saturated rings. The molecule has 2 heterocycles. The molecule has 144 valence electrons. The second-order valence-corrected chi connectivity index (χ2v) is 6.48. The highest BCUT2D eigenvalue weighted by molar-refractivity contribution is 7.98. The van der Waals surface area contributed by atoms with Gasteiger partial charge in [0, 0.05) is 23.6 Å². The van der Waals surface area contributed by atoms with Crippen molar-refractivity contribution in [2.75, 3.05) is 14.2 Å². The molecule has 0 saturated heterocycles. The van der Waals surface area contributed by atoms with Crippen LogP contribution in [0.1, 0.15) is 11.3 Å². The highest BCUT2D eigenvalue weighted by Gasteiger charge is 2.31. The van der Waals surface area contributed by atoms with Crippen molar-refractivity contribution in [2.24, 2.45) is 0 Å². The quantitative estimate of drug-likeness (QED) is 0.617. The third-order valence-electron chi connectivity index (χ3n) is 3.66. The lowest BCUT2D eigenvalue weighted by Gasteiger charge is -2.13. The molecule has 10 heteroatoms. The minimum Gasteiger partial charge on any atom is -0.492 e. The summed E-state index contributed by atoms with van der Waals surface area (Å²) < 4.78 is 51.7. The van der Waals surface area contributed by atoms with Gasteiger partial charge in [0.25, 0.3) is 0 Å². The third kappa shape index (κ3) is 4.38. The Morgan fingerprint density at radius 3 is 2.56 bits per heavy atom. The molecular formula is C17H16F3N3O3S. The van der Waals surface area contributed by atoms with Gasteiger partial charge in [-0.1, -0.05) is 11.8 Å². The number of aromatic amines is 1. The fraction of sp³-hybridized carbons (Fsp3) is 0.294. The summed E-state index contributed by atoms with van der Waals surface area (Å²) in [5.41, 5.74) is 2.50. The fourth-order valence-corrected chi connectivity index (χ4v) is 3.36. The molecule has 2 aromatic heterocycles. The van der Waals surface area contributed by atoms with Crippen LogP contribution in [0, 0.1) is 6.92 Å². The van der Waals surface area contributed by atoms with E-state index in [1.807, 2.05) is 6.92 Å². The smallest absolute Gasteiger partial charge is 0.492 e. The lowest BCUT2D eigenvalue weighted by molar-refractivity contribution is -0.274. The van der Waals surface area contributed by atoms with Crippen molar-refractivity contribution in [3.63, 3.8) is 0 Å². The Balaban J connectivity index is 1.80. The predicted octanol–water partition coefficient (Wildman–Crippen LogP) is 4.47. The highest BCUT2D eigenvalue weighted by Crippen LogP contribution is 2.36. The first-order valence-corrected chi connectivity index (χ1v) is 8.74. The monoisotopic (exact) mass is 399 g/mol. The molecule has 0 saturated carbocycles. The van der Waals surface area contributed by atoms with E-state index in [0.717, 1.165) is 5.56 Å². The lowest BCUT2D eigenvalue weighted by atomic mass is 10.2. The van der Waals surface area contributed by atoms with Gasteiger partial charge in [-0.15, -0.1) is 13.2 Å². The van der Waals surface area contributed by atoms with Crippen molar-refractivity contribution in [3.05, 3.63) is 35.7 Å². The lowest BCUT2D eigenvalue weighted by Crippen LogP contribution is -2.16. The van der Waals surface area contributed by atoms with Gasteiger partial charge in [-0.2, -0.15) is 0 Å². The van der Waals surface area contributed by atoms with Crippen LogP contribution < -0.4 is 14.2 Å². The normalized spacial score (nSPS) is 11.6. The molecule has 0 bridgehead atoms. The first-order chi connectivity index (χ1) is 12.8. The van der Waals surface area contributed by atoms with Crippen molar-refractivity contribution >= 4 is 22.8 Å². The maximum atomic E-state index is 12.3. The largest absolute Gasteiger partial charge is 0.573 e. The molecule has 0 radical (unpaired) electrons. The number of ether oxygens (including phenoxy) is 3. The van der Waals surface area contributed by atoms with Crippen LogP contribution in [0.4, 0.5) is 13.2 Å². The van der Waals surface area contributed by atoms with Gasteiger partial charge in [-0.3, -0.25) is 4.98 Å². The summed E-state index contributed by atoms with van der Waals surface area (Å²) in [5, 5.41) is 0.539. The van der Waals surface area contributed by atoms with Crippen LogP contribution in [0.3, 0.4) is 0 Å². The SMILES string of the molecule is COc1c(C)cnc(CSc2nc3cc(OC(F)(F)F)ccc3[nH]2)c1OC. The van der Waals surface area contributed by atoms with Crippen molar-refractivity contribution in [2.45, 2.75) is 24.2 Å². The Hall–Kier alpha value is -2.62. The molecule has 0 atom stereocenters. The molecule has 6 nitrogen and oxygen atoms in total. The van der Waals surface area contributed by atoms with E-state index in [1.54, 1.807) is 13.3 Å². The Labute approximate surface area is 157 Å². The van der Waals surface area contributed by atoms with Gasteiger partial charge in [-0.05, 0) is 19.1 Å². The summed E-state index contributed by atoms with van der Waals surface area (Å²) in [5.74, 6) is 1.28. The summed E-state index contributed by atoms with van der Waals surface area (Å²) in [6.07, 6.45) is -3.05. The van der Waals surface area contributed by atoms with E-state index in [4.69, 9.17) is 9.47 Å². The number of imidazole rings is 1. The molecule has 0 amide bonds.